The molecule has 0 aliphatic heterocycles. The number of hydrogen-bond donors (Lipinski definition) is 1. The Kier molecular flexibility index (Phi) is 3.35. The molecule has 1 aromatic heterocycles. The highest BCUT2D eigenvalue weighted by molar-refractivity contribution is 5.87. The van der Waals surface area contributed by atoms with Crippen LogP contribution >= 0.6 is 0 Å². The Morgan fingerprint density at radius 1 is 1.69 bits per heavy atom. The first-order valence-corrected chi connectivity index (χ1v) is 4.01. The lowest BCUT2D eigenvalue weighted by molar-refractivity contribution is 0.0676. The maximum Gasteiger partial charge on any atom is 0.355 e. The predicted molar refractivity (Wildman–Crippen MR) is 47.4 cm³/mol. The molecule has 16 heavy (non-hydrogen) atoms. The third kappa shape index (κ3) is 2.06. The van der Waals surface area contributed by atoms with Crippen molar-refractivity contribution >= 4 is 5.97 Å². The summed E-state index contributed by atoms with van der Waals surface area (Å²) in [7, 11) is 1.17. The second-order valence-corrected chi connectivity index (χ2v) is 2.69. The van der Waals surface area contributed by atoms with Crippen LogP contribution in [0.3, 0.4) is 0 Å². The van der Waals surface area contributed by atoms with Gasteiger partial charge in [-0.15, -0.1) is 0 Å². The van der Waals surface area contributed by atoms with Gasteiger partial charge in [0.05, 0.1) is 12.7 Å². The Labute approximate surface area is 88.9 Å². The van der Waals surface area contributed by atoms with E-state index in [9.17, 15) is 13.6 Å². The molecule has 0 amide bonds. The number of ether oxygens (including phenoxy) is 1. The SMILES string of the molecule is COc1cc(C(F)F)c(C(=O)O)nc1C#N. The molecular weight excluding hydrogens is 222 g/mol. The summed E-state index contributed by atoms with van der Waals surface area (Å²) in [5, 5.41) is 17.3. The first kappa shape index (κ1) is 11.8. The van der Waals surface area contributed by atoms with E-state index in [-0.39, 0.29) is 11.4 Å². The van der Waals surface area contributed by atoms with Crippen LogP contribution in [0.25, 0.3) is 0 Å². The minimum absolute atomic E-state index is 0.178. The molecule has 0 radical (unpaired) electrons. The number of alkyl halides is 2. The molecule has 7 heteroatoms. The van der Waals surface area contributed by atoms with E-state index in [1.807, 2.05) is 0 Å². The molecule has 0 saturated heterocycles. The van der Waals surface area contributed by atoms with Gasteiger partial charge in [0, 0.05) is 0 Å². The van der Waals surface area contributed by atoms with Crippen LogP contribution in [-0.2, 0) is 0 Å². The number of rotatable bonds is 3. The van der Waals surface area contributed by atoms with Crippen LogP contribution in [0.4, 0.5) is 8.78 Å². The van der Waals surface area contributed by atoms with Crippen molar-refractivity contribution in [2.24, 2.45) is 0 Å². The summed E-state index contributed by atoms with van der Waals surface area (Å²) in [4.78, 5) is 14.0. The minimum atomic E-state index is -3.00. The zero-order chi connectivity index (χ0) is 12.3. The van der Waals surface area contributed by atoms with Gasteiger partial charge in [0.25, 0.3) is 6.43 Å². The van der Waals surface area contributed by atoms with Crippen molar-refractivity contribution in [3.8, 4) is 11.8 Å². The van der Waals surface area contributed by atoms with Crippen molar-refractivity contribution < 1.29 is 23.4 Å². The van der Waals surface area contributed by atoms with E-state index in [0.717, 1.165) is 6.07 Å². The molecule has 1 aromatic rings. The van der Waals surface area contributed by atoms with Crippen molar-refractivity contribution in [2.45, 2.75) is 6.43 Å². The lowest BCUT2D eigenvalue weighted by Crippen LogP contribution is -2.09. The van der Waals surface area contributed by atoms with Crippen LogP contribution in [0.5, 0.6) is 5.75 Å². The van der Waals surface area contributed by atoms with E-state index in [4.69, 9.17) is 10.4 Å². The molecular formula is C9H6F2N2O3. The molecule has 0 aliphatic carbocycles. The summed E-state index contributed by atoms with van der Waals surface area (Å²) < 4.78 is 29.6. The smallest absolute Gasteiger partial charge is 0.355 e. The molecule has 1 heterocycles. The third-order valence-corrected chi connectivity index (χ3v) is 1.78. The Balaban J connectivity index is 3.49. The number of carboxylic acids is 1. The van der Waals surface area contributed by atoms with E-state index in [1.54, 1.807) is 6.07 Å². The average molecular weight is 228 g/mol. The zero-order valence-corrected chi connectivity index (χ0v) is 8.07. The van der Waals surface area contributed by atoms with E-state index in [2.05, 4.69) is 9.72 Å². The van der Waals surface area contributed by atoms with E-state index in [1.165, 1.54) is 7.11 Å². The minimum Gasteiger partial charge on any atom is -0.494 e. The lowest BCUT2D eigenvalue weighted by Gasteiger charge is -2.08. The number of carboxylic acid groups (broad SMARTS) is 1. The lowest BCUT2D eigenvalue weighted by atomic mass is 10.1. The summed E-state index contributed by atoms with van der Waals surface area (Å²) in [5.41, 5.74) is -1.96. The quantitative estimate of drug-likeness (QED) is 0.849. The number of hydrogen-bond acceptors (Lipinski definition) is 4. The fraction of sp³-hybridized carbons (Fsp3) is 0.222. The van der Waals surface area contributed by atoms with E-state index in [0.29, 0.717) is 0 Å². The summed E-state index contributed by atoms with van der Waals surface area (Å²) >= 11 is 0. The number of pyridine rings is 1. The normalized spacial score (nSPS) is 9.94. The van der Waals surface area contributed by atoms with E-state index >= 15 is 0 Å². The van der Waals surface area contributed by atoms with Gasteiger partial charge in [-0.05, 0) is 6.07 Å². The summed E-state index contributed by atoms with van der Waals surface area (Å²) in [6, 6.07) is 2.37. The number of carbonyl (C=O) groups is 1. The highest BCUT2D eigenvalue weighted by atomic mass is 19.3. The molecule has 0 aromatic carbocycles. The molecule has 0 bridgehead atoms. The topological polar surface area (TPSA) is 83.2 Å². The van der Waals surface area contributed by atoms with Crippen LogP contribution in [0, 0.1) is 11.3 Å². The Bertz CT molecular complexity index is 469. The van der Waals surface area contributed by atoms with Gasteiger partial charge in [0.2, 0.25) is 0 Å². The van der Waals surface area contributed by atoms with Gasteiger partial charge in [-0.25, -0.2) is 18.6 Å². The predicted octanol–water partition coefficient (Wildman–Crippen LogP) is 1.60. The highest BCUT2D eigenvalue weighted by Crippen LogP contribution is 2.27. The van der Waals surface area contributed by atoms with Gasteiger partial charge >= 0.3 is 5.97 Å². The summed E-state index contributed by atoms with van der Waals surface area (Å²) in [5.74, 6) is -1.79. The van der Waals surface area contributed by atoms with Crippen molar-refractivity contribution in [1.82, 2.24) is 4.98 Å². The standard InChI is InChI=1S/C9H6F2N2O3/c1-16-6-2-4(8(10)11)7(9(14)15)13-5(6)3-12/h2,8H,1H3,(H,14,15). The van der Waals surface area contributed by atoms with Crippen molar-refractivity contribution in [2.75, 3.05) is 7.11 Å². The van der Waals surface area contributed by atoms with Crippen molar-refractivity contribution in [3.05, 3.63) is 23.0 Å². The number of methoxy groups -OCH3 is 1. The molecule has 0 spiro atoms. The highest BCUT2D eigenvalue weighted by Gasteiger charge is 2.23. The van der Waals surface area contributed by atoms with Crippen LogP contribution in [0.2, 0.25) is 0 Å². The molecule has 1 N–H and O–H groups in total. The molecule has 5 nitrogen and oxygen atoms in total. The molecule has 0 aliphatic rings. The number of nitrogens with zero attached hydrogens (tertiary/aromatic N) is 2. The Morgan fingerprint density at radius 2 is 2.31 bits per heavy atom. The molecule has 0 saturated carbocycles. The molecule has 84 valence electrons. The van der Waals surface area contributed by atoms with E-state index < -0.39 is 23.7 Å². The van der Waals surface area contributed by atoms with Gasteiger partial charge in [0.1, 0.15) is 6.07 Å². The monoisotopic (exact) mass is 228 g/mol. The number of nitriles is 1. The number of aromatic carboxylic acids is 1. The first-order valence-electron chi connectivity index (χ1n) is 4.01. The van der Waals surface area contributed by atoms with Gasteiger partial charge in [0.15, 0.2) is 17.1 Å². The average Bonchev–Trinajstić information content (AvgIpc) is 2.26. The Morgan fingerprint density at radius 3 is 2.69 bits per heavy atom. The van der Waals surface area contributed by atoms with Gasteiger partial charge in [-0.2, -0.15) is 5.26 Å². The maximum absolute atomic E-state index is 12.5. The largest absolute Gasteiger partial charge is 0.494 e. The fourth-order valence-electron chi connectivity index (χ4n) is 1.08. The zero-order valence-electron chi connectivity index (χ0n) is 8.07. The fourth-order valence-corrected chi connectivity index (χ4v) is 1.08. The van der Waals surface area contributed by atoms with Gasteiger partial charge in [-0.3, -0.25) is 0 Å². The van der Waals surface area contributed by atoms with Crippen LogP contribution in [0.15, 0.2) is 6.07 Å². The molecule has 1 rings (SSSR count). The molecule has 0 fully saturated rings. The second kappa shape index (κ2) is 4.53. The summed E-state index contributed by atoms with van der Waals surface area (Å²) in [6.45, 7) is 0. The number of halogens is 2. The number of aromatic nitrogens is 1. The van der Waals surface area contributed by atoms with Gasteiger partial charge < -0.3 is 9.84 Å². The van der Waals surface area contributed by atoms with Crippen LogP contribution < -0.4 is 4.74 Å². The molecule has 0 atom stereocenters. The summed E-state index contributed by atoms with van der Waals surface area (Å²) in [6.07, 6.45) is -3.00. The second-order valence-electron chi connectivity index (χ2n) is 2.69. The van der Waals surface area contributed by atoms with Crippen LogP contribution in [-0.4, -0.2) is 23.2 Å². The van der Waals surface area contributed by atoms with Crippen molar-refractivity contribution in [3.63, 3.8) is 0 Å². The third-order valence-electron chi connectivity index (χ3n) is 1.78. The van der Waals surface area contributed by atoms with Gasteiger partial charge in [-0.1, -0.05) is 0 Å². The Hall–Kier alpha value is -2.23. The van der Waals surface area contributed by atoms with Crippen molar-refractivity contribution in [1.29, 1.82) is 5.26 Å². The maximum atomic E-state index is 12.5. The molecule has 0 unspecified atom stereocenters. The van der Waals surface area contributed by atoms with Crippen LogP contribution in [0.1, 0.15) is 28.2 Å². The first-order chi connectivity index (χ1) is 7.51.